The second kappa shape index (κ2) is 2.43. The van der Waals surface area contributed by atoms with Gasteiger partial charge in [0.25, 0.3) is 0 Å². The second-order valence-corrected chi connectivity index (χ2v) is 6.07. The number of fused-ring (bicyclic) bond motifs is 1. The number of hydrogen-bond acceptors (Lipinski definition) is 3. The van der Waals surface area contributed by atoms with Gasteiger partial charge < -0.3 is 5.11 Å². The van der Waals surface area contributed by atoms with Crippen LogP contribution in [0.2, 0.25) is 0 Å². The van der Waals surface area contributed by atoms with Crippen LogP contribution in [0.4, 0.5) is 0 Å². The molecule has 0 fully saturated rings. The van der Waals surface area contributed by atoms with Crippen molar-refractivity contribution in [1.82, 2.24) is 4.98 Å². The highest BCUT2D eigenvalue weighted by molar-refractivity contribution is 14.2. The van der Waals surface area contributed by atoms with E-state index >= 15 is 0 Å². The summed E-state index contributed by atoms with van der Waals surface area (Å²) in [4.78, 5) is 4.13. The number of halogens is 1. The normalized spacial score (nSPS) is 15.4. The molecule has 0 radical (unpaired) electrons. The second-order valence-electron chi connectivity index (χ2n) is 1.76. The van der Waals surface area contributed by atoms with Crippen LogP contribution in [0.3, 0.4) is 0 Å². The number of thiazole rings is 1. The number of aliphatic hydroxyl groups excluding tert-OH is 1. The Balaban J connectivity index is 2.85. The molecule has 10 heavy (non-hydrogen) atoms. The highest BCUT2D eigenvalue weighted by Gasteiger charge is 1.95. The fraction of sp³-hybridized carbons (Fsp3) is 0. The average Bonchev–Trinajstić information content (AvgIpc) is 2.33. The molecule has 0 spiro atoms. The van der Waals surface area contributed by atoms with Gasteiger partial charge in [-0.25, -0.2) is 4.98 Å². The topological polar surface area (TPSA) is 33.1 Å². The summed E-state index contributed by atoms with van der Waals surface area (Å²) in [7, 11) is 0. The van der Waals surface area contributed by atoms with Gasteiger partial charge in [-0.1, -0.05) is 0 Å². The quantitative estimate of drug-likeness (QED) is 0.722. The lowest BCUT2D eigenvalue weighted by Crippen LogP contribution is -2.01. The monoisotopic (exact) mass is 265 g/mol. The predicted octanol–water partition coefficient (Wildman–Crippen LogP) is 1.56. The van der Waals surface area contributed by atoms with E-state index in [9.17, 15) is 0 Å². The molecule has 0 aromatic carbocycles. The Morgan fingerprint density at radius 2 is 2.40 bits per heavy atom. The summed E-state index contributed by atoms with van der Waals surface area (Å²) in [5.41, 5.74) is 1.83. The van der Waals surface area contributed by atoms with Gasteiger partial charge in [0.05, 0.1) is 13.3 Å². The van der Waals surface area contributed by atoms with E-state index in [4.69, 9.17) is 5.11 Å². The molecule has 1 aromatic heterocycles. The number of rotatable bonds is 0. The van der Waals surface area contributed by atoms with Crippen LogP contribution in [0.25, 0.3) is 6.08 Å². The zero-order chi connectivity index (χ0) is 6.97. The van der Waals surface area contributed by atoms with Gasteiger partial charge in [-0.3, -0.25) is 0 Å². The first-order chi connectivity index (χ1) is 4.86. The third kappa shape index (κ3) is 1.01. The van der Waals surface area contributed by atoms with Crippen molar-refractivity contribution in [3.8, 4) is 0 Å². The van der Waals surface area contributed by atoms with Crippen LogP contribution in [0, 0.1) is 2.47 Å². The first-order valence-electron chi connectivity index (χ1n) is 2.68. The fourth-order valence-electron chi connectivity index (χ4n) is 0.687. The molecule has 0 saturated heterocycles. The number of hydrogen-bond donors (Lipinski definition) is 1. The van der Waals surface area contributed by atoms with Crippen LogP contribution in [0.15, 0.2) is 15.4 Å². The third-order valence-corrected chi connectivity index (χ3v) is 4.97. The summed E-state index contributed by atoms with van der Waals surface area (Å²) in [6, 6.07) is 0. The largest absolute Gasteiger partial charge is 0.503 e. The van der Waals surface area contributed by atoms with Crippen molar-refractivity contribution in [3.63, 3.8) is 0 Å². The van der Waals surface area contributed by atoms with Crippen LogP contribution in [0.5, 0.6) is 0 Å². The van der Waals surface area contributed by atoms with E-state index in [1.807, 2.05) is 11.6 Å². The molecular formula is C6H4INOS. The smallest absolute Gasteiger partial charge is 0.149 e. The molecule has 2 rings (SSSR count). The minimum absolute atomic E-state index is 0.289. The van der Waals surface area contributed by atoms with Gasteiger partial charge in [-0.05, 0) is 32.9 Å². The van der Waals surface area contributed by atoms with E-state index in [2.05, 4.69) is 4.98 Å². The van der Waals surface area contributed by atoms with Crippen molar-refractivity contribution in [2.75, 3.05) is 0 Å². The average molecular weight is 265 g/mol. The Bertz CT molecular complexity index is 392. The Morgan fingerprint density at radius 1 is 1.50 bits per heavy atom. The van der Waals surface area contributed by atoms with Gasteiger partial charge in [-0.15, -0.1) is 11.3 Å². The van der Waals surface area contributed by atoms with Gasteiger partial charge in [0.2, 0.25) is 0 Å². The van der Waals surface area contributed by atoms with Crippen LogP contribution >= 0.6 is 32.1 Å². The van der Waals surface area contributed by atoms with E-state index in [1.54, 1.807) is 17.4 Å². The summed E-state index contributed by atoms with van der Waals surface area (Å²) >= 11 is 1.35. The van der Waals surface area contributed by atoms with Crippen molar-refractivity contribution in [3.05, 3.63) is 23.2 Å². The van der Waals surface area contributed by atoms with Crippen molar-refractivity contribution in [2.45, 2.75) is 0 Å². The Morgan fingerprint density at radius 3 is 3.30 bits per heavy atom. The van der Waals surface area contributed by atoms with Crippen molar-refractivity contribution >= 4 is 38.1 Å². The highest BCUT2D eigenvalue weighted by atomic mass is 127. The van der Waals surface area contributed by atoms with Gasteiger partial charge in [0.1, 0.15) is 3.77 Å². The maximum Gasteiger partial charge on any atom is 0.149 e. The lowest BCUT2D eigenvalue weighted by molar-refractivity contribution is 0.466. The number of allylic oxidation sites excluding steroid dienone is 1. The van der Waals surface area contributed by atoms with Crippen molar-refractivity contribution in [2.24, 2.45) is 0 Å². The minimum Gasteiger partial charge on any atom is -0.503 e. The highest BCUT2D eigenvalue weighted by Crippen LogP contribution is 2.18. The van der Waals surface area contributed by atoms with E-state index in [0.717, 1.165) is 5.35 Å². The summed E-state index contributed by atoms with van der Waals surface area (Å²) in [6.07, 6.45) is 3.61. The van der Waals surface area contributed by atoms with Crippen LogP contribution < -0.4 is 5.35 Å². The zero-order valence-corrected chi connectivity index (χ0v) is 7.89. The molecule has 1 aliphatic rings. The molecule has 0 saturated carbocycles. The fourth-order valence-corrected chi connectivity index (χ4v) is 3.94. The molecule has 52 valence electrons. The van der Waals surface area contributed by atoms with E-state index in [1.165, 1.54) is 2.47 Å². The Hall–Kier alpha value is -0.230. The first kappa shape index (κ1) is 6.48. The maximum absolute atomic E-state index is 9.13. The van der Waals surface area contributed by atoms with Crippen molar-refractivity contribution < 1.29 is 5.11 Å². The number of nitrogens with zero attached hydrogens (tertiary/aromatic N) is 1. The third-order valence-electron chi connectivity index (χ3n) is 1.11. The van der Waals surface area contributed by atoms with E-state index in [-0.39, 0.29) is 20.7 Å². The number of aliphatic hydroxyl groups is 1. The molecule has 0 atom stereocenters. The maximum atomic E-state index is 9.13. The van der Waals surface area contributed by atoms with Crippen molar-refractivity contribution in [1.29, 1.82) is 0 Å². The lowest BCUT2D eigenvalue weighted by Gasteiger charge is -1.88. The van der Waals surface area contributed by atoms with Crippen LogP contribution in [0.1, 0.15) is 0 Å². The standard InChI is InChI=1S/C6H4INOS/c9-5-2-1-4-6(7-5)10-3-8-4/h1-3,9H. The zero-order valence-electron chi connectivity index (χ0n) is 4.91. The molecule has 4 heteroatoms. The van der Waals surface area contributed by atoms with Gasteiger partial charge in [0.15, 0.2) is 0 Å². The minimum atomic E-state index is -0.289. The Labute approximate surface area is 71.3 Å². The summed E-state index contributed by atoms with van der Waals surface area (Å²) in [6.45, 7) is 0. The van der Waals surface area contributed by atoms with Gasteiger partial charge in [0, 0.05) is 0 Å². The molecule has 0 aliphatic carbocycles. The van der Waals surface area contributed by atoms with Gasteiger partial charge in [-0.2, -0.15) is 0 Å². The molecule has 2 nitrogen and oxygen atoms in total. The molecule has 1 aliphatic heterocycles. The molecule has 2 heterocycles. The molecule has 0 amide bonds. The summed E-state index contributed by atoms with van der Waals surface area (Å²) < 4.78 is 1.80. The van der Waals surface area contributed by atoms with Crippen LogP contribution in [-0.2, 0) is 0 Å². The molecular weight excluding hydrogens is 261 g/mol. The molecule has 0 bridgehead atoms. The predicted molar refractivity (Wildman–Crippen MR) is 49.8 cm³/mol. The SMILES string of the molecule is OC1=CC=c2ncsc2=I1. The molecule has 1 N–H and O–H groups in total. The Kier molecular flexibility index (Phi) is 1.57. The summed E-state index contributed by atoms with van der Waals surface area (Å²) in [5, 5.41) is 10.2. The molecule has 0 unspecified atom stereocenters. The van der Waals surface area contributed by atoms with Crippen LogP contribution in [-0.4, -0.2) is 10.1 Å². The lowest BCUT2D eigenvalue weighted by atomic mass is 10.5. The first-order valence-corrected chi connectivity index (χ1v) is 5.72. The number of aromatic nitrogens is 1. The summed E-state index contributed by atoms with van der Waals surface area (Å²) in [5.74, 6) is 0. The molecule has 1 aromatic rings. The van der Waals surface area contributed by atoms with E-state index < -0.39 is 0 Å². The van der Waals surface area contributed by atoms with Gasteiger partial charge >= 0.3 is 0 Å². The van der Waals surface area contributed by atoms with E-state index in [0.29, 0.717) is 3.77 Å².